The summed E-state index contributed by atoms with van der Waals surface area (Å²) in [7, 11) is -1.01. The van der Waals surface area contributed by atoms with Crippen LogP contribution in [0.25, 0.3) is 11.3 Å². The molecule has 1 aromatic heterocycles. The highest BCUT2D eigenvalue weighted by Gasteiger charge is 2.55. The fourth-order valence-corrected chi connectivity index (χ4v) is 8.84. The summed E-state index contributed by atoms with van der Waals surface area (Å²) in [5.41, 5.74) is -0.871. The number of methoxy groups -OCH3 is 1. The van der Waals surface area contributed by atoms with E-state index in [4.69, 9.17) is 18.9 Å². The number of halogens is 2. The molecular formula is C42H60F2N4O7Si. The number of rotatable bonds is 13. The summed E-state index contributed by atoms with van der Waals surface area (Å²) in [5.74, 6) is -2.83. The van der Waals surface area contributed by atoms with E-state index in [1.54, 1.807) is 29.5 Å². The van der Waals surface area contributed by atoms with E-state index in [1.165, 1.54) is 25.9 Å². The largest absolute Gasteiger partial charge is 0.465 e. The Morgan fingerprint density at radius 1 is 1.02 bits per heavy atom. The number of ether oxygens (including phenoxy) is 2. The molecule has 1 fully saturated rings. The highest BCUT2D eigenvalue weighted by molar-refractivity contribution is 6.74. The van der Waals surface area contributed by atoms with Gasteiger partial charge in [0.1, 0.15) is 23.5 Å². The summed E-state index contributed by atoms with van der Waals surface area (Å²) < 4.78 is 50.5. The molecule has 0 bridgehead atoms. The van der Waals surface area contributed by atoms with Gasteiger partial charge in [-0.3, -0.25) is 9.59 Å². The standard InChI is InChI=1S/C42H60F2N4O7Si/c1-26(54-27(2)49)38(50)47(23-31-34(55-56(12,13)41(6,7)8)25-48(39(51)52)35(31)40(3,4)5)36(42(9,10)53-11)37-45-33(30-21-29(43)19-20-32(30)44)24-46(37)22-28-17-15-14-16-18-28/h14-21,24,26,31,34-36H,22-23,25H2,1-13H3,(H,51,52)/t26?,31-,34+,35?,36-/m0/s1. The highest BCUT2D eigenvalue weighted by Crippen LogP contribution is 2.46. The maximum Gasteiger partial charge on any atom is 0.407 e. The molecule has 0 aliphatic carbocycles. The Labute approximate surface area is 331 Å². The van der Waals surface area contributed by atoms with E-state index < -0.39 is 79.1 Å². The Bertz CT molecular complexity index is 1870. The zero-order valence-corrected chi connectivity index (χ0v) is 36.1. The number of carbonyl (C=O) groups excluding carboxylic acids is 2. The molecule has 14 heteroatoms. The Balaban J connectivity index is 2.04. The van der Waals surface area contributed by atoms with Crippen LogP contribution in [-0.4, -0.2) is 94.8 Å². The molecule has 1 saturated heterocycles. The molecule has 56 heavy (non-hydrogen) atoms. The predicted molar refractivity (Wildman–Crippen MR) is 213 cm³/mol. The van der Waals surface area contributed by atoms with Gasteiger partial charge in [-0.2, -0.15) is 0 Å². The van der Waals surface area contributed by atoms with Crippen molar-refractivity contribution >= 4 is 26.3 Å². The zero-order chi connectivity index (χ0) is 42.1. The third-order valence-corrected chi connectivity index (χ3v) is 15.8. The van der Waals surface area contributed by atoms with E-state index in [0.29, 0.717) is 5.82 Å². The van der Waals surface area contributed by atoms with Crippen LogP contribution in [0.15, 0.2) is 54.7 Å². The lowest BCUT2D eigenvalue weighted by Gasteiger charge is -2.46. The fourth-order valence-electron chi connectivity index (χ4n) is 7.48. The molecule has 5 atom stereocenters. The number of carboxylic acid groups (broad SMARTS) is 1. The van der Waals surface area contributed by atoms with Crippen LogP contribution in [0.4, 0.5) is 13.6 Å². The minimum absolute atomic E-state index is 0.0469. The van der Waals surface area contributed by atoms with Crippen molar-refractivity contribution in [1.29, 1.82) is 0 Å². The molecule has 1 aliphatic rings. The van der Waals surface area contributed by atoms with Crippen molar-refractivity contribution in [3.8, 4) is 11.3 Å². The summed E-state index contributed by atoms with van der Waals surface area (Å²) >= 11 is 0. The average Bonchev–Trinajstić information content (AvgIpc) is 3.65. The van der Waals surface area contributed by atoms with E-state index in [1.807, 2.05) is 51.1 Å². The molecule has 4 rings (SSSR count). The van der Waals surface area contributed by atoms with Gasteiger partial charge in [0.2, 0.25) is 0 Å². The van der Waals surface area contributed by atoms with Gasteiger partial charge >= 0.3 is 12.1 Å². The second-order valence-corrected chi connectivity index (χ2v) is 22.8. The number of hydrogen-bond donors (Lipinski definition) is 1. The van der Waals surface area contributed by atoms with Gasteiger partial charge in [0, 0.05) is 57.4 Å². The third kappa shape index (κ3) is 9.86. The van der Waals surface area contributed by atoms with E-state index in [9.17, 15) is 23.9 Å². The first-order valence-electron chi connectivity index (χ1n) is 19.1. The van der Waals surface area contributed by atoms with Crippen molar-refractivity contribution in [1.82, 2.24) is 19.4 Å². The Kier molecular flexibility index (Phi) is 13.3. The van der Waals surface area contributed by atoms with Gasteiger partial charge < -0.3 is 33.4 Å². The molecule has 0 saturated carbocycles. The number of carbonyl (C=O) groups is 3. The highest BCUT2D eigenvalue weighted by atomic mass is 28.4. The van der Waals surface area contributed by atoms with E-state index in [0.717, 1.165) is 23.8 Å². The molecule has 2 heterocycles. The number of likely N-dealkylation sites (tertiary alicyclic amines) is 1. The van der Waals surface area contributed by atoms with Crippen LogP contribution in [0.2, 0.25) is 18.1 Å². The molecular weight excluding hydrogens is 739 g/mol. The minimum Gasteiger partial charge on any atom is -0.465 e. The van der Waals surface area contributed by atoms with Crippen LogP contribution in [-0.2, 0) is 30.0 Å². The first-order chi connectivity index (χ1) is 25.8. The summed E-state index contributed by atoms with van der Waals surface area (Å²) in [6.45, 7) is 23.0. The summed E-state index contributed by atoms with van der Waals surface area (Å²) in [6.07, 6.45) is -1.34. The summed E-state index contributed by atoms with van der Waals surface area (Å²) in [6, 6.07) is 11.0. The SMILES string of the molecule is COC(C)(C)[C@H](c1nc(-c2cc(F)ccc2F)cn1Cc1ccccc1)N(C[C@@H]1C(C(C)(C)C)N(C(=O)O)C[C@H]1O[Si](C)(C)C(C)(C)C)C(=O)C(C)OC(C)=O. The second kappa shape index (κ2) is 16.8. The number of aromatic nitrogens is 2. The quantitative estimate of drug-likeness (QED) is 0.135. The Hall–Kier alpha value is -4.14. The Morgan fingerprint density at radius 2 is 1.64 bits per heavy atom. The van der Waals surface area contributed by atoms with Crippen LogP contribution in [0.3, 0.4) is 0 Å². The number of imidazole rings is 1. The van der Waals surface area contributed by atoms with Gasteiger partial charge in [0.25, 0.3) is 5.91 Å². The topological polar surface area (TPSA) is 123 Å². The lowest BCUT2D eigenvalue weighted by atomic mass is 9.78. The smallest absolute Gasteiger partial charge is 0.407 e. The average molecular weight is 799 g/mol. The van der Waals surface area contributed by atoms with Gasteiger partial charge in [-0.15, -0.1) is 0 Å². The molecule has 0 radical (unpaired) electrons. The summed E-state index contributed by atoms with van der Waals surface area (Å²) in [5, 5.41) is 10.4. The second-order valence-electron chi connectivity index (χ2n) is 18.0. The van der Waals surface area contributed by atoms with Crippen LogP contribution >= 0.6 is 0 Å². The van der Waals surface area contributed by atoms with Crippen LogP contribution in [0.1, 0.15) is 86.7 Å². The number of esters is 1. The molecule has 2 amide bonds. The van der Waals surface area contributed by atoms with Crippen molar-refractivity contribution in [3.05, 3.63) is 77.8 Å². The number of nitrogens with zero attached hydrogens (tertiary/aromatic N) is 4. The fraction of sp³-hybridized carbons (Fsp3) is 0.571. The van der Waals surface area contributed by atoms with E-state index in [2.05, 4.69) is 33.9 Å². The van der Waals surface area contributed by atoms with Gasteiger partial charge in [0.05, 0.1) is 17.4 Å². The van der Waals surface area contributed by atoms with Crippen molar-refractivity contribution < 1.29 is 42.2 Å². The lowest BCUT2D eigenvalue weighted by molar-refractivity contribution is -0.164. The number of amides is 2. The maximum atomic E-state index is 15.4. The molecule has 3 aromatic rings. The molecule has 1 N–H and O–H groups in total. The van der Waals surface area contributed by atoms with Crippen molar-refractivity contribution in [3.63, 3.8) is 0 Å². The van der Waals surface area contributed by atoms with Crippen LogP contribution in [0.5, 0.6) is 0 Å². The van der Waals surface area contributed by atoms with Crippen molar-refractivity contribution in [2.24, 2.45) is 11.3 Å². The normalized spacial score (nSPS) is 19.1. The third-order valence-electron chi connectivity index (χ3n) is 11.3. The molecule has 1 aliphatic heterocycles. The monoisotopic (exact) mass is 798 g/mol. The molecule has 11 nitrogen and oxygen atoms in total. The van der Waals surface area contributed by atoms with E-state index >= 15 is 4.39 Å². The first kappa shape index (κ1) is 44.6. The molecule has 0 spiro atoms. The van der Waals surface area contributed by atoms with Crippen LogP contribution in [0, 0.1) is 23.0 Å². The first-order valence-corrected chi connectivity index (χ1v) is 22.0. The van der Waals surface area contributed by atoms with Crippen LogP contribution < -0.4 is 0 Å². The van der Waals surface area contributed by atoms with Crippen molar-refractivity contribution in [2.75, 3.05) is 20.2 Å². The van der Waals surface area contributed by atoms with Gasteiger partial charge in [-0.25, -0.2) is 18.6 Å². The van der Waals surface area contributed by atoms with Gasteiger partial charge in [-0.05, 0) is 68.1 Å². The minimum atomic E-state index is -2.52. The summed E-state index contributed by atoms with van der Waals surface area (Å²) in [4.78, 5) is 48.2. The molecule has 2 unspecified atom stereocenters. The Morgan fingerprint density at radius 3 is 2.18 bits per heavy atom. The van der Waals surface area contributed by atoms with Gasteiger partial charge in [-0.1, -0.05) is 71.9 Å². The zero-order valence-electron chi connectivity index (χ0n) is 35.1. The number of benzene rings is 2. The van der Waals surface area contributed by atoms with Gasteiger partial charge in [0.15, 0.2) is 14.4 Å². The predicted octanol–water partition coefficient (Wildman–Crippen LogP) is 8.54. The molecule has 308 valence electrons. The maximum absolute atomic E-state index is 15.4. The van der Waals surface area contributed by atoms with Crippen molar-refractivity contribution in [2.45, 2.75) is 124 Å². The molecule has 2 aromatic carbocycles. The van der Waals surface area contributed by atoms with E-state index in [-0.39, 0.29) is 35.9 Å². The number of hydrogen-bond acceptors (Lipinski definition) is 7. The lowest BCUT2D eigenvalue weighted by Crippen LogP contribution is -2.56.